The molecule has 0 radical (unpaired) electrons. The maximum Gasteiger partial charge on any atom is 0.325 e. The van der Waals surface area contributed by atoms with Gasteiger partial charge in [0.25, 0.3) is 0 Å². The maximum atomic E-state index is 12.2. The normalized spacial score (nSPS) is 15.6. The van der Waals surface area contributed by atoms with E-state index in [4.69, 9.17) is 9.47 Å². The van der Waals surface area contributed by atoms with Crippen LogP contribution in [0.3, 0.4) is 0 Å². The molecule has 0 aliphatic carbocycles. The largest absolute Gasteiger partial charge is 0.486 e. The molecule has 3 amide bonds. The van der Waals surface area contributed by atoms with Gasteiger partial charge in [0.05, 0.1) is 6.54 Å². The van der Waals surface area contributed by atoms with Gasteiger partial charge in [0.15, 0.2) is 11.5 Å². The summed E-state index contributed by atoms with van der Waals surface area (Å²) in [5, 5.41) is 5.03. The molecule has 2 aromatic carbocycles. The lowest BCUT2D eigenvalue weighted by Crippen LogP contribution is -2.43. The van der Waals surface area contributed by atoms with Crippen molar-refractivity contribution in [2.75, 3.05) is 31.6 Å². The first kappa shape index (κ1) is 17.4. The van der Waals surface area contributed by atoms with Crippen molar-refractivity contribution in [3.8, 4) is 11.5 Å². The van der Waals surface area contributed by atoms with E-state index in [1.54, 1.807) is 18.2 Å². The van der Waals surface area contributed by atoms with Crippen LogP contribution < -0.4 is 20.1 Å². The Bertz CT molecular complexity index is 868. The second kappa shape index (κ2) is 7.67. The molecule has 0 fully saturated rings. The van der Waals surface area contributed by atoms with Gasteiger partial charge in [-0.3, -0.25) is 15.0 Å². The number of anilines is 1. The van der Waals surface area contributed by atoms with E-state index in [0.717, 1.165) is 13.0 Å². The highest BCUT2D eigenvalue weighted by Gasteiger charge is 2.19. The van der Waals surface area contributed by atoms with Crippen molar-refractivity contribution in [2.45, 2.75) is 13.0 Å². The maximum absolute atomic E-state index is 12.2. The monoisotopic (exact) mass is 367 g/mol. The number of urea groups is 1. The number of benzene rings is 2. The zero-order valence-corrected chi connectivity index (χ0v) is 14.9. The average molecular weight is 367 g/mol. The Labute approximate surface area is 157 Å². The number of amides is 3. The quantitative estimate of drug-likeness (QED) is 0.869. The molecule has 0 saturated heterocycles. The summed E-state index contributed by atoms with van der Waals surface area (Å²) in [6, 6.07) is 12.8. The van der Waals surface area contributed by atoms with Crippen molar-refractivity contribution >= 4 is 17.6 Å². The van der Waals surface area contributed by atoms with E-state index in [2.05, 4.69) is 22.8 Å². The Kier molecular flexibility index (Phi) is 4.93. The van der Waals surface area contributed by atoms with Gasteiger partial charge in [-0.2, -0.15) is 0 Å². The lowest BCUT2D eigenvalue weighted by atomic mass is 10.00. The molecule has 7 heteroatoms. The van der Waals surface area contributed by atoms with Gasteiger partial charge in [-0.1, -0.05) is 24.3 Å². The second-order valence-electron chi connectivity index (χ2n) is 6.59. The van der Waals surface area contributed by atoms with Crippen LogP contribution >= 0.6 is 0 Å². The van der Waals surface area contributed by atoms with E-state index in [0.29, 0.717) is 36.9 Å². The predicted molar refractivity (Wildman–Crippen MR) is 100 cm³/mol. The Balaban J connectivity index is 1.29. The molecule has 0 spiro atoms. The molecule has 0 saturated carbocycles. The Morgan fingerprint density at radius 3 is 2.63 bits per heavy atom. The molecule has 7 nitrogen and oxygen atoms in total. The van der Waals surface area contributed by atoms with E-state index in [1.807, 2.05) is 17.0 Å². The summed E-state index contributed by atoms with van der Waals surface area (Å²) in [7, 11) is 0. The van der Waals surface area contributed by atoms with Gasteiger partial charge in [-0.25, -0.2) is 4.79 Å². The number of nitrogens with one attached hydrogen (secondary N) is 2. The SMILES string of the molecule is O=C(CN1CCc2ccccc2C1)NC(=O)Nc1ccc2c(c1)OCCO2. The standard InChI is InChI=1S/C20H21N3O4/c24-19(13-23-8-7-14-3-1-2-4-15(14)12-23)22-20(25)21-16-5-6-17-18(11-16)27-10-9-26-17/h1-6,11H,7-10,12-13H2,(H2,21,22,24,25). The molecule has 4 rings (SSSR count). The highest BCUT2D eigenvalue weighted by Crippen LogP contribution is 2.32. The first-order chi connectivity index (χ1) is 13.2. The molecule has 2 aliphatic heterocycles. The summed E-state index contributed by atoms with van der Waals surface area (Å²) < 4.78 is 10.9. The molecule has 27 heavy (non-hydrogen) atoms. The predicted octanol–water partition coefficient (Wildman–Crippen LogP) is 2.16. The molecule has 140 valence electrons. The highest BCUT2D eigenvalue weighted by atomic mass is 16.6. The van der Waals surface area contributed by atoms with Crippen molar-refractivity contribution < 1.29 is 19.1 Å². The van der Waals surface area contributed by atoms with Crippen LogP contribution in [0.1, 0.15) is 11.1 Å². The van der Waals surface area contributed by atoms with E-state index in [-0.39, 0.29) is 12.5 Å². The average Bonchev–Trinajstić information content (AvgIpc) is 2.67. The van der Waals surface area contributed by atoms with Crippen LogP contribution in [-0.4, -0.2) is 43.1 Å². The summed E-state index contributed by atoms with van der Waals surface area (Å²) in [5.74, 6) is 0.899. The topological polar surface area (TPSA) is 79.9 Å². The van der Waals surface area contributed by atoms with Crippen molar-refractivity contribution in [2.24, 2.45) is 0 Å². The fourth-order valence-corrected chi connectivity index (χ4v) is 3.34. The van der Waals surface area contributed by atoms with Gasteiger partial charge in [-0.05, 0) is 29.7 Å². The van der Waals surface area contributed by atoms with Crippen LogP contribution in [0, 0.1) is 0 Å². The third-order valence-electron chi connectivity index (χ3n) is 4.63. The van der Waals surface area contributed by atoms with Crippen LogP contribution in [0.5, 0.6) is 11.5 Å². The Morgan fingerprint density at radius 2 is 1.78 bits per heavy atom. The van der Waals surface area contributed by atoms with Crippen molar-refractivity contribution in [1.29, 1.82) is 0 Å². The van der Waals surface area contributed by atoms with Crippen LogP contribution in [0.2, 0.25) is 0 Å². The molecular formula is C20H21N3O4. The van der Waals surface area contributed by atoms with Crippen LogP contribution in [0.4, 0.5) is 10.5 Å². The van der Waals surface area contributed by atoms with Crippen LogP contribution in [0.25, 0.3) is 0 Å². The van der Waals surface area contributed by atoms with Crippen LogP contribution in [0.15, 0.2) is 42.5 Å². The minimum atomic E-state index is -0.561. The Hall–Kier alpha value is -3.06. The number of imide groups is 1. The molecule has 0 unspecified atom stereocenters. The lowest BCUT2D eigenvalue weighted by Gasteiger charge is -2.27. The fourth-order valence-electron chi connectivity index (χ4n) is 3.34. The summed E-state index contributed by atoms with van der Waals surface area (Å²) in [6.45, 7) is 2.68. The molecule has 2 N–H and O–H groups in total. The van der Waals surface area contributed by atoms with E-state index < -0.39 is 6.03 Å². The Morgan fingerprint density at radius 1 is 1.00 bits per heavy atom. The molecule has 2 aromatic rings. The zero-order chi connectivity index (χ0) is 18.6. The number of hydrogen-bond acceptors (Lipinski definition) is 5. The summed E-state index contributed by atoms with van der Waals surface area (Å²) in [5.41, 5.74) is 3.10. The number of ether oxygens (including phenoxy) is 2. The minimum absolute atomic E-state index is 0.183. The number of nitrogens with zero attached hydrogens (tertiary/aromatic N) is 1. The smallest absolute Gasteiger partial charge is 0.325 e. The highest BCUT2D eigenvalue weighted by molar-refractivity contribution is 6.01. The second-order valence-corrected chi connectivity index (χ2v) is 6.59. The molecular weight excluding hydrogens is 346 g/mol. The van der Waals surface area contributed by atoms with Gasteiger partial charge in [0, 0.05) is 24.8 Å². The van der Waals surface area contributed by atoms with Gasteiger partial charge in [0.2, 0.25) is 5.91 Å². The van der Waals surface area contributed by atoms with Crippen LogP contribution in [-0.2, 0) is 17.8 Å². The molecule has 2 aliphatic rings. The van der Waals surface area contributed by atoms with E-state index in [9.17, 15) is 9.59 Å². The number of fused-ring (bicyclic) bond motifs is 2. The zero-order valence-electron chi connectivity index (χ0n) is 14.9. The summed E-state index contributed by atoms with van der Waals surface area (Å²) in [4.78, 5) is 26.3. The summed E-state index contributed by atoms with van der Waals surface area (Å²) >= 11 is 0. The minimum Gasteiger partial charge on any atom is -0.486 e. The number of rotatable bonds is 3. The van der Waals surface area contributed by atoms with Gasteiger partial charge >= 0.3 is 6.03 Å². The van der Waals surface area contributed by atoms with Crippen molar-refractivity contribution in [1.82, 2.24) is 10.2 Å². The summed E-state index contributed by atoms with van der Waals surface area (Å²) in [6.07, 6.45) is 0.910. The molecule has 0 aromatic heterocycles. The van der Waals surface area contributed by atoms with Crippen molar-refractivity contribution in [3.63, 3.8) is 0 Å². The fraction of sp³-hybridized carbons (Fsp3) is 0.300. The molecule has 2 heterocycles. The molecule has 0 bridgehead atoms. The van der Waals surface area contributed by atoms with Crippen molar-refractivity contribution in [3.05, 3.63) is 53.6 Å². The van der Waals surface area contributed by atoms with E-state index in [1.165, 1.54) is 11.1 Å². The third-order valence-corrected chi connectivity index (χ3v) is 4.63. The lowest BCUT2D eigenvalue weighted by molar-refractivity contribution is -0.121. The van der Waals surface area contributed by atoms with Gasteiger partial charge in [-0.15, -0.1) is 0 Å². The first-order valence-corrected chi connectivity index (χ1v) is 8.97. The number of carbonyl (C=O) groups excluding carboxylic acids is 2. The van der Waals surface area contributed by atoms with E-state index >= 15 is 0 Å². The molecule has 0 atom stereocenters. The third kappa shape index (κ3) is 4.20. The number of carbonyl (C=O) groups is 2. The van der Waals surface area contributed by atoms with Gasteiger partial charge < -0.3 is 14.8 Å². The number of hydrogen-bond donors (Lipinski definition) is 2. The first-order valence-electron chi connectivity index (χ1n) is 8.97. The van der Waals surface area contributed by atoms with Gasteiger partial charge in [0.1, 0.15) is 13.2 Å².